The van der Waals surface area contributed by atoms with Crippen LogP contribution in [0, 0.1) is 0 Å². The number of hydrogen-bond donors (Lipinski definition) is 2. The molecule has 132 valence electrons. The maximum Gasteiger partial charge on any atom is 0.228 e. The number of carbonyl (C=O) groups excluding carboxylic acids is 1. The first kappa shape index (κ1) is 17.6. The Morgan fingerprint density at radius 1 is 1.20 bits per heavy atom. The van der Waals surface area contributed by atoms with Crippen LogP contribution in [0.25, 0.3) is 0 Å². The van der Waals surface area contributed by atoms with Gasteiger partial charge < -0.3 is 20.1 Å². The van der Waals surface area contributed by atoms with E-state index in [1.807, 2.05) is 37.3 Å². The minimum absolute atomic E-state index is 0.100. The quantitative estimate of drug-likeness (QED) is 0.828. The maximum atomic E-state index is 12.4. The summed E-state index contributed by atoms with van der Waals surface area (Å²) in [5.74, 6) is 1.04. The molecule has 0 saturated heterocycles. The number of hydrogen-bond acceptors (Lipinski definition) is 4. The Hall–Kier alpha value is -2.24. The summed E-state index contributed by atoms with van der Waals surface area (Å²) in [5, 5.41) is 6.71. The van der Waals surface area contributed by atoms with Crippen molar-refractivity contribution in [3.8, 4) is 11.5 Å². The monoisotopic (exact) mass is 360 g/mol. The van der Waals surface area contributed by atoms with Crippen molar-refractivity contribution in [3.05, 3.63) is 52.5 Å². The molecular formula is C19H21ClN2O3. The number of halogens is 1. The molecule has 1 heterocycles. The van der Waals surface area contributed by atoms with Crippen molar-refractivity contribution >= 4 is 23.2 Å². The molecule has 25 heavy (non-hydrogen) atoms. The first-order valence-corrected chi connectivity index (χ1v) is 8.71. The highest BCUT2D eigenvalue weighted by atomic mass is 35.5. The minimum Gasteiger partial charge on any atom is -0.486 e. The Balaban J connectivity index is 1.70. The van der Waals surface area contributed by atoms with Gasteiger partial charge in [0.1, 0.15) is 13.2 Å². The van der Waals surface area contributed by atoms with Gasteiger partial charge >= 0.3 is 0 Å². The lowest BCUT2D eigenvalue weighted by Crippen LogP contribution is -2.19. The molecule has 0 aromatic heterocycles. The van der Waals surface area contributed by atoms with Gasteiger partial charge in [-0.25, -0.2) is 0 Å². The van der Waals surface area contributed by atoms with Gasteiger partial charge in [-0.2, -0.15) is 0 Å². The first-order chi connectivity index (χ1) is 12.2. The second-order valence-corrected chi connectivity index (χ2v) is 6.17. The zero-order valence-corrected chi connectivity index (χ0v) is 14.9. The number of benzene rings is 2. The fourth-order valence-electron chi connectivity index (χ4n) is 2.70. The van der Waals surface area contributed by atoms with E-state index < -0.39 is 0 Å². The van der Waals surface area contributed by atoms with Crippen molar-refractivity contribution in [1.82, 2.24) is 5.32 Å². The molecule has 0 radical (unpaired) electrons. The normalized spacial score (nSPS) is 12.7. The lowest BCUT2D eigenvalue weighted by atomic mass is 10.1. The van der Waals surface area contributed by atoms with Crippen LogP contribution in [0.1, 0.15) is 18.1 Å². The van der Waals surface area contributed by atoms with Crippen LogP contribution in [0.2, 0.25) is 5.02 Å². The van der Waals surface area contributed by atoms with E-state index in [1.165, 1.54) is 0 Å². The highest BCUT2D eigenvalue weighted by Gasteiger charge is 2.18. The van der Waals surface area contributed by atoms with Crippen LogP contribution in [-0.4, -0.2) is 25.7 Å². The summed E-state index contributed by atoms with van der Waals surface area (Å²) in [7, 11) is 0. The predicted molar refractivity (Wildman–Crippen MR) is 98.6 cm³/mol. The molecule has 0 aliphatic carbocycles. The van der Waals surface area contributed by atoms with Crippen molar-refractivity contribution < 1.29 is 14.3 Å². The van der Waals surface area contributed by atoms with Crippen LogP contribution >= 0.6 is 11.6 Å². The molecule has 6 heteroatoms. The maximum absolute atomic E-state index is 12.4. The van der Waals surface area contributed by atoms with Crippen molar-refractivity contribution in [3.63, 3.8) is 0 Å². The van der Waals surface area contributed by atoms with E-state index in [2.05, 4.69) is 10.6 Å². The third-order valence-corrected chi connectivity index (χ3v) is 4.16. The largest absolute Gasteiger partial charge is 0.486 e. The molecule has 0 fully saturated rings. The molecule has 0 saturated carbocycles. The van der Waals surface area contributed by atoms with Gasteiger partial charge in [0.2, 0.25) is 5.91 Å². The van der Waals surface area contributed by atoms with Gasteiger partial charge in [-0.05, 0) is 35.9 Å². The van der Waals surface area contributed by atoms with Crippen LogP contribution < -0.4 is 20.1 Å². The Morgan fingerprint density at radius 2 is 2.00 bits per heavy atom. The van der Waals surface area contributed by atoms with Crippen molar-refractivity contribution in [2.45, 2.75) is 19.9 Å². The number of amides is 1. The van der Waals surface area contributed by atoms with Gasteiger partial charge in [0.05, 0.1) is 11.4 Å². The fraction of sp³-hybridized carbons (Fsp3) is 0.316. The summed E-state index contributed by atoms with van der Waals surface area (Å²) < 4.78 is 11.1. The second-order valence-electron chi connectivity index (χ2n) is 5.76. The van der Waals surface area contributed by atoms with Crippen LogP contribution in [0.15, 0.2) is 36.4 Å². The van der Waals surface area contributed by atoms with E-state index in [0.29, 0.717) is 36.3 Å². The van der Waals surface area contributed by atoms with Gasteiger partial charge in [0.25, 0.3) is 0 Å². The van der Waals surface area contributed by atoms with Crippen LogP contribution in [0.4, 0.5) is 5.69 Å². The third-order valence-electron chi connectivity index (χ3n) is 3.88. The number of para-hydroxylation sites is 1. The average Bonchev–Trinajstić information content (AvgIpc) is 2.61. The summed E-state index contributed by atoms with van der Waals surface area (Å²) in [6, 6.07) is 11.3. The fourth-order valence-corrected chi connectivity index (χ4v) is 2.99. The molecule has 0 bridgehead atoms. The molecule has 1 aliphatic heterocycles. The third kappa shape index (κ3) is 4.44. The Labute approximate surface area is 152 Å². The standard InChI is InChI=1S/C19H21ClN2O3/c1-2-21-12-14-5-3-4-6-16(14)22-18(23)11-13-9-15(20)19-17(10-13)24-7-8-25-19/h3-6,9-10,21H,2,7-8,11-12H2,1H3,(H,22,23). The molecule has 0 unspecified atom stereocenters. The highest BCUT2D eigenvalue weighted by molar-refractivity contribution is 6.32. The SMILES string of the molecule is CCNCc1ccccc1NC(=O)Cc1cc(Cl)c2c(c1)OCCO2. The zero-order chi connectivity index (χ0) is 17.6. The summed E-state index contributed by atoms with van der Waals surface area (Å²) in [4.78, 5) is 12.4. The summed E-state index contributed by atoms with van der Waals surface area (Å²) in [6.45, 7) is 4.60. The van der Waals surface area contributed by atoms with Crippen molar-refractivity contribution in [2.24, 2.45) is 0 Å². The van der Waals surface area contributed by atoms with Crippen LogP contribution in [0.3, 0.4) is 0 Å². The molecule has 1 amide bonds. The smallest absolute Gasteiger partial charge is 0.228 e. The van der Waals surface area contributed by atoms with Crippen LogP contribution in [-0.2, 0) is 17.8 Å². The lowest BCUT2D eigenvalue weighted by Gasteiger charge is -2.20. The van der Waals surface area contributed by atoms with Crippen molar-refractivity contribution in [1.29, 1.82) is 0 Å². The van der Waals surface area contributed by atoms with E-state index in [1.54, 1.807) is 6.07 Å². The lowest BCUT2D eigenvalue weighted by molar-refractivity contribution is -0.115. The molecule has 3 rings (SSSR count). The highest BCUT2D eigenvalue weighted by Crippen LogP contribution is 2.38. The van der Waals surface area contributed by atoms with Gasteiger partial charge in [0, 0.05) is 12.2 Å². The average molecular weight is 361 g/mol. The minimum atomic E-state index is -0.100. The van der Waals surface area contributed by atoms with E-state index in [0.717, 1.165) is 23.4 Å². The zero-order valence-electron chi connectivity index (χ0n) is 14.1. The molecule has 0 spiro atoms. The van der Waals surface area contributed by atoms with Gasteiger partial charge in [0.15, 0.2) is 11.5 Å². The number of rotatable bonds is 6. The second kappa shape index (κ2) is 8.23. The number of fused-ring (bicyclic) bond motifs is 1. The topological polar surface area (TPSA) is 59.6 Å². The number of carbonyl (C=O) groups is 1. The number of anilines is 1. The Kier molecular flexibility index (Phi) is 5.79. The molecule has 5 nitrogen and oxygen atoms in total. The molecule has 2 aromatic carbocycles. The number of ether oxygens (including phenoxy) is 2. The summed E-state index contributed by atoms with van der Waals surface area (Å²) in [5.41, 5.74) is 2.66. The Morgan fingerprint density at radius 3 is 2.84 bits per heavy atom. The molecule has 1 aliphatic rings. The molecule has 2 aromatic rings. The predicted octanol–water partition coefficient (Wildman–Crippen LogP) is 3.40. The van der Waals surface area contributed by atoms with E-state index in [-0.39, 0.29) is 12.3 Å². The summed E-state index contributed by atoms with van der Waals surface area (Å²) in [6.07, 6.45) is 0.214. The van der Waals surface area contributed by atoms with E-state index >= 15 is 0 Å². The van der Waals surface area contributed by atoms with Crippen molar-refractivity contribution in [2.75, 3.05) is 25.1 Å². The number of nitrogens with one attached hydrogen (secondary N) is 2. The first-order valence-electron chi connectivity index (χ1n) is 8.34. The van der Waals surface area contributed by atoms with Gasteiger partial charge in [-0.1, -0.05) is 36.7 Å². The molecule has 0 atom stereocenters. The van der Waals surface area contributed by atoms with Gasteiger partial charge in [-0.3, -0.25) is 4.79 Å². The molecule has 2 N–H and O–H groups in total. The van der Waals surface area contributed by atoms with E-state index in [4.69, 9.17) is 21.1 Å². The van der Waals surface area contributed by atoms with Gasteiger partial charge in [-0.15, -0.1) is 0 Å². The molecular weight excluding hydrogens is 340 g/mol. The Bertz CT molecular complexity index is 764. The summed E-state index contributed by atoms with van der Waals surface area (Å²) >= 11 is 6.23. The van der Waals surface area contributed by atoms with Crippen LogP contribution in [0.5, 0.6) is 11.5 Å². The van der Waals surface area contributed by atoms with E-state index in [9.17, 15) is 4.79 Å².